The molecule has 1 aromatic carbocycles. The Hall–Kier alpha value is -1.77. The molecule has 0 aliphatic carbocycles. The van der Waals surface area contributed by atoms with E-state index in [4.69, 9.17) is 9.47 Å². The second kappa shape index (κ2) is 10.0. The van der Waals surface area contributed by atoms with E-state index in [0.717, 1.165) is 24.2 Å². The first-order chi connectivity index (χ1) is 10.2. The fourth-order valence-electron chi connectivity index (χ4n) is 2.03. The van der Waals surface area contributed by atoms with Crippen LogP contribution in [0.1, 0.15) is 45.1 Å². The number of esters is 1. The summed E-state index contributed by atoms with van der Waals surface area (Å²) < 4.78 is 10.4. The van der Waals surface area contributed by atoms with E-state index in [9.17, 15) is 4.79 Å². The molecule has 0 N–H and O–H groups in total. The Labute approximate surface area is 128 Å². The molecule has 21 heavy (non-hydrogen) atoms. The molecule has 0 radical (unpaired) electrons. The fraction of sp³-hybridized carbons (Fsp3) is 0.500. The number of rotatable bonds is 9. The topological polar surface area (TPSA) is 35.5 Å². The van der Waals surface area contributed by atoms with Crippen molar-refractivity contribution in [2.75, 3.05) is 13.7 Å². The quantitative estimate of drug-likeness (QED) is 0.497. The zero-order valence-corrected chi connectivity index (χ0v) is 13.3. The van der Waals surface area contributed by atoms with E-state index in [0.29, 0.717) is 12.5 Å². The summed E-state index contributed by atoms with van der Waals surface area (Å²) in [5.74, 6) is 1.00. The third-order valence-electron chi connectivity index (χ3n) is 3.53. The Bertz CT molecular complexity index is 434. The Balaban J connectivity index is 2.39. The van der Waals surface area contributed by atoms with Gasteiger partial charge in [-0.3, -0.25) is 0 Å². The lowest BCUT2D eigenvalue weighted by Gasteiger charge is -2.13. The van der Waals surface area contributed by atoms with Crippen LogP contribution < -0.4 is 4.74 Å². The highest BCUT2D eigenvalue weighted by Crippen LogP contribution is 2.14. The molecule has 1 rings (SSSR count). The minimum atomic E-state index is -0.277. The van der Waals surface area contributed by atoms with Gasteiger partial charge < -0.3 is 9.47 Å². The van der Waals surface area contributed by atoms with Gasteiger partial charge in [0.05, 0.1) is 13.7 Å². The molecule has 116 valence electrons. The SMILES string of the molecule is CCCC[C@H](CC)COC(=O)/C=C\c1ccc(OC)cc1. The number of hydrogen-bond donors (Lipinski definition) is 0. The van der Waals surface area contributed by atoms with Crippen molar-refractivity contribution in [3.05, 3.63) is 35.9 Å². The van der Waals surface area contributed by atoms with Gasteiger partial charge >= 0.3 is 5.97 Å². The Morgan fingerprint density at radius 1 is 1.24 bits per heavy atom. The van der Waals surface area contributed by atoms with Gasteiger partial charge in [-0.2, -0.15) is 0 Å². The Kier molecular flexibility index (Phi) is 8.25. The molecule has 0 saturated heterocycles. The number of benzene rings is 1. The summed E-state index contributed by atoms with van der Waals surface area (Å²) in [5.41, 5.74) is 0.950. The van der Waals surface area contributed by atoms with E-state index < -0.39 is 0 Å². The van der Waals surface area contributed by atoms with Crippen LogP contribution in [0.25, 0.3) is 6.08 Å². The van der Waals surface area contributed by atoms with Crippen molar-refractivity contribution >= 4 is 12.0 Å². The first-order valence-electron chi connectivity index (χ1n) is 7.68. The van der Waals surface area contributed by atoms with E-state index in [2.05, 4.69) is 13.8 Å². The fourth-order valence-corrected chi connectivity index (χ4v) is 2.03. The summed E-state index contributed by atoms with van der Waals surface area (Å²) >= 11 is 0. The highest BCUT2D eigenvalue weighted by atomic mass is 16.5. The van der Waals surface area contributed by atoms with Crippen molar-refractivity contribution < 1.29 is 14.3 Å². The molecular formula is C18H26O3. The van der Waals surface area contributed by atoms with E-state index in [1.165, 1.54) is 18.9 Å². The molecule has 3 heteroatoms. The largest absolute Gasteiger partial charge is 0.497 e. The predicted octanol–water partition coefficient (Wildman–Crippen LogP) is 4.47. The number of carbonyl (C=O) groups excluding carboxylic acids is 1. The summed E-state index contributed by atoms with van der Waals surface area (Å²) in [6.07, 6.45) is 7.79. The molecule has 0 fully saturated rings. The van der Waals surface area contributed by atoms with Crippen LogP contribution in [0.3, 0.4) is 0 Å². The van der Waals surface area contributed by atoms with Crippen LogP contribution in [0.2, 0.25) is 0 Å². The number of ether oxygens (including phenoxy) is 2. The first kappa shape index (κ1) is 17.3. The third kappa shape index (κ3) is 6.98. The smallest absolute Gasteiger partial charge is 0.330 e. The monoisotopic (exact) mass is 290 g/mol. The number of hydrogen-bond acceptors (Lipinski definition) is 3. The molecule has 0 spiro atoms. The molecule has 0 aliphatic heterocycles. The summed E-state index contributed by atoms with van der Waals surface area (Å²) in [5, 5.41) is 0. The van der Waals surface area contributed by atoms with Crippen LogP contribution in [0.15, 0.2) is 30.3 Å². The van der Waals surface area contributed by atoms with Crippen molar-refractivity contribution in [1.82, 2.24) is 0 Å². The van der Waals surface area contributed by atoms with Crippen LogP contribution in [0, 0.1) is 5.92 Å². The minimum Gasteiger partial charge on any atom is -0.497 e. The number of unbranched alkanes of at least 4 members (excludes halogenated alkanes) is 1. The Morgan fingerprint density at radius 2 is 1.95 bits per heavy atom. The van der Waals surface area contributed by atoms with Crippen LogP contribution in [0.4, 0.5) is 0 Å². The van der Waals surface area contributed by atoms with E-state index in [-0.39, 0.29) is 5.97 Å². The van der Waals surface area contributed by atoms with Gasteiger partial charge in [0.25, 0.3) is 0 Å². The van der Waals surface area contributed by atoms with Gasteiger partial charge in [-0.25, -0.2) is 4.79 Å². The molecule has 0 aliphatic rings. The molecule has 0 unspecified atom stereocenters. The van der Waals surface area contributed by atoms with Crippen molar-refractivity contribution in [3.63, 3.8) is 0 Å². The highest BCUT2D eigenvalue weighted by molar-refractivity contribution is 5.87. The second-order valence-corrected chi connectivity index (χ2v) is 5.15. The van der Waals surface area contributed by atoms with Gasteiger partial charge in [-0.15, -0.1) is 0 Å². The predicted molar refractivity (Wildman–Crippen MR) is 86.3 cm³/mol. The molecule has 1 atom stereocenters. The van der Waals surface area contributed by atoms with Gasteiger partial charge in [-0.05, 0) is 36.1 Å². The van der Waals surface area contributed by atoms with Crippen LogP contribution in [-0.4, -0.2) is 19.7 Å². The number of carbonyl (C=O) groups is 1. The van der Waals surface area contributed by atoms with Gasteiger partial charge in [0.1, 0.15) is 5.75 Å². The zero-order chi connectivity index (χ0) is 15.5. The normalized spacial score (nSPS) is 12.3. The molecule has 0 heterocycles. The van der Waals surface area contributed by atoms with Crippen molar-refractivity contribution in [2.45, 2.75) is 39.5 Å². The maximum Gasteiger partial charge on any atom is 0.330 e. The van der Waals surface area contributed by atoms with Gasteiger partial charge in [-0.1, -0.05) is 45.2 Å². The molecule has 0 amide bonds. The molecular weight excluding hydrogens is 264 g/mol. The lowest BCUT2D eigenvalue weighted by atomic mass is 10.0. The van der Waals surface area contributed by atoms with Crippen molar-refractivity contribution in [3.8, 4) is 5.75 Å². The van der Waals surface area contributed by atoms with Crippen LogP contribution >= 0.6 is 0 Å². The highest BCUT2D eigenvalue weighted by Gasteiger charge is 2.08. The van der Waals surface area contributed by atoms with E-state index >= 15 is 0 Å². The molecule has 3 nitrogen and oxygen atoms in total. The lowest BCUT2D eigenvalue weighted by Crippen LogP contribution is -2.12. The molecule has 0 saturated carbocycles. The molecule has 1 aromatic rings. The summed E-state index contributed by atoms with van der Waals surface area (Å²) in [6, 6.07) is 7.53. The van der Waals surface area contributed by atoms with E-state index in [1.54, 1.807) is 13.2 Å². The summed E-state index contributed by atoms with van der Waals surface area (Å²) in [7, 11) is 1.63. The summed E-state index contributed by atoms with van der Waals surface area (Å²) in [6.45, 7) is 4.83. The van der Waals surface area contributed by atoms with Gasteiger partial charge in [0.2, 0.25) is 0 Å². The zero-order valence-electron chi connectivity index (χ0n) is 13.3. The Morgan fingerprint density at radius 3 is 2.52 bits per heavy atom. The van der Waals surface area contributed by atoms with Gasteiger partial charge in [0, 0.05) is 6.08 Å². The molecule has 0 bridgehead atoms. The lowest BCUT2D eigenvalue weighted by molar-refractivity contribution is -0.139. The van der Waals surface area contributed by atoms with Crippen LogP contribution in [-0.2, 0) is 9.53 Å². The maximum absolute atomic E-state index is 11.7. The standard InChI is InChI=1S/C18H26O3/c1-4-6-7-15(5-2)14-21-18(19)13-10-16-8-11-17(20-3)12-9-16/h8-13,15H,4-7,14H2,1-3H3/b13-10-/t15-/m0/s1. The maximum atomic E-state index is 11.7. The van der Waals surface area contributed by atoms with Gasteiger partial charge in [0.15, 0.2) is 0 Å². The summed E-state index contributed by atoms with van der Waals surface area (Å²) in [4.78, 5) is 11.7. The second-order valence-electron chi connectivity index (χ2n) is 5.15. The van der Waals surface area contributed by atoms with Crippen molar-refractivity contribution in [2.24, 2.45) is 5.92 Å². The average molecular weight is 290 g/mol. The van der Waals surface area contributed by atoms with Crippen LogP contribution in [0.5, 0.6) is 5.75 Å². The number of methoxy groups -OCH3 is 1. The minimum absolute atomic E-state index is 0.277. The van der Waals surface area contributed by atoms with E-state index in [1.807, 2.05) is 24.3 Å². The van der Waals surface area contributed by atoms with Crippen molar-refractivity contribution in [1.29, 1.82) is 0 Å². The first-order valence-corrected chi connectivity index (χ1v) is 7.68. The molecule has 0 aromatic heterocycles. The third-order valence-corrected chi connectivity index (χ3v) is 3.53. The average Bonchev–Trinajstić information content (AvgIpc) is 2.53.